The third-order valence-corrected chi connectivity index (χ3v) is 4.00. The number of carbonyl (C=O) groups excluding carboxylic acids is 1. The third kappa shape index (κ3) is 4.26. The van der Waals surface area contributed by atoms with Crippen molar-refractivity contribution in [2.45, 2.75) is 12.5 Å². The summed E-state index contributed by atoms with van der Waals surface area (Å²) < 4.78 is 13.4. The van der Waals surface area contributed by atoms with Crippen LogP contribution in [0.5, 0.6) is 0 Å². The number of carbonyl (C=O) groups is 1. The second kappa shape index (κ2) is 6.54. The molecule has 100 valence electrons. The molecule has 1 rings (SSSR count). The topological polar surface area (TPSA) is 49.3 Å². The number of thioether (sulfide) groups is 1. The summed E-state index contributed by atoms with van der Waals surface area (Å²) in [5, 5.41) is 12.5. The minimum atomic E-state index is -0.977. The van der Waals surface area contributed by atoms with Gasteiger partial charge in [0.2, 0.25) is 0 Å². The van der Waals surface area contributed by atoms with Gasteiger partial charge in [0.15, 0.2) is 0 Å². The number of hydrogen-bond donors (Lipinski definition) is 2. The average molecular weight is 336 g/mol. The van der Waals surface area contributed by atoms with Crippen LogP contribution >= 0.6 is 27.7 Å². The lowest BCUT2D eigenvalue weighted by atomic mass is 10.1. The third-order valence-electron chi connectivity index (χ3n) is 2.28. The molecule has 2 N–H and O–H groups in total. The number of halogens is 2. The van der Waals surface area contributed by atoms with Gasteiger partial charge in [0.1, 0.15) is 5.82 Å². The van der Waals surface area contributed by atoms with E-state index in [4.69, 9.17) is 0 Å². The van der Waals surface area contributed by atoms with Crippen molar-refractivity contribution in [2.75, 3.05) is 18.6 Å². The fourth-order valence-corrected chi connectivity index (χ4v) is 2.58. The molecule has 0 saturated carbocycles. The molecule has 1 amide bonds. The SMILES string of the molecule is CSCC(C)(O)CNC(=O)c1cccc(F)c1Br. The first-order valence-electron chi connectivity index (χ1n) is 5.31. The van der Waals surface area contributed by atoms with E-state index in [1.165, 1.54) is 30.0 Å². The fraction of sp³-hybridized carbons (Fsp3) is 0.417. The molecule has 0 heterocycles. The van der Waals surface area contributed by atoms with E-state index in [0.29, 0.717) is 5.75 Å². The molecule has 0 radical (unpaired) electrons. The molecule has 0 aromatic heterocycles. The van der Waals surface area contributed by atoms with E-state index in [-0.39, 0.29) is 16.6 Å². The Balaban J connectivity index is 2.69. The number of rotatable bonds is 5. The monoisotopic (exact) mass is 335 g/mol. The van der Waals surface area contributed by atoms with Gasteiger partial charge in [0, 0.05) is 12.3 Å². The average Bonchev–Trinajstić information content (AvgIpc) is 2.30. The van der Waals surface area contributed by atoms with Crippen LogP contribution in [-0.4, -0.2) is 35.2 Å². The van der Waals surface area contributed by atoms with E-state index >= 15 is 0 Å². The summed E-state index contributed by atoms with van der Waals surface area (Å²) in [6.07, 6.45) is 1.87. The first-order chi connectivity index (χ1) is 8.37. The lowest BCUT2D eigenvalue weighted by molar-refractivity contribution is 0.0724. The Bertz CT molecular complexity index is 440. The highest BCUT2D eigenvalue weighted by Crippen LogP contribution is 2.20. The fourth-order valence-electron chi connectivity index (χ4n) is 1.41. The standard InChI is InChI=1S/C12H15BrFNO2S/c1-12(17,7-18-2)6-15-11(16)8-4-3-5-9(14)10(8)13/h3-5,17H,6-7H2,1-2H3,(H,15,16). The van der Waals surface area contributed by atoms with Crippen molar-refractivity contribution in [3.63, 3.8) is 0 Å². The summed E-state index contributed by atoms with van der Waals surface area (Å²) >= 11 is 4.52. The molecule has 1 unspecified atom stereocenters. The Morgan fingerprint density at radius 3 is 2.89 bits per heavy atom. The van der Waals surface area contributed by atoms with Crippen LogP contribution in [0, 0.1) is 5.82 Å². The van der Waals surface area contributed by atoms with E-state index in [1.54, 1.807) is 6.92 Å². The van der Waals surface area contributed by atoms with Crippen LogP contribution in [0.15, 0.2) is 22.7 Å². The molecular formula is C12H15BrFNO2S. The van der Waals surface area contributed by atoms with E-state index in [9.17, 15) is 14.3 Å². The van der Waals surface area contributed by atoms with Crippen LogP contribution in [0.3, 0.4) is 0 Å². The summed E-state index contributed by atoms with van der Waals surface area (Å²) in [5.41, 5.74) is -0.760. The Morgan fingerprint density at radius 1 is 1.61 bits per heavy atom. The summed E-state index contributed by atoms with van der Waals surface area (Å²) in [6, 6.07) is 4.26. The smallest absolute Gasteiger partial charge is 0.252 e. The van der Waals surface area contributed by atoms with Crippen molar-refractivity contribution in [1.29, 1.82) is 0 Å². The number of nitrogens with one attached hydrogen (secondary N) is 1. The predicted molar refractivity (Wildman–Crippen MR) is 75.4 cm³/mol. The second-order valence-corrected chi connectivity index (χ2v) is 5.87. The van der Waals surface area contributed by atoms with E-state index in [2.05, 4.69) is 21.2 Å². The van der Waals surface area contributed by atoms with E-state index in [1.807, 2.05) is 6.26 Å². The Morgan fingerprint density at radius 2 is 2.28 bits per heavy atom. The first-order valence-corrected chi connectivity index (χ1v) is 7.49. The van der Waals surface area contributed by atoms with Crippen molar-refractivity contribution in [2.24, 2.45) is 0 Å². The van der Waals surface area contributed by atoms with E-state index < -0.39 is 17.3 Å². The Kier molecular flexibility index (Phi) is 5.62. The minimum Gasteiger partial charge on any atom is -0.387 e. The van der Waals surface area contributed by atoms with Gasteiger partial charge in [-0.2, -0.15) is 11.8 Å². The maximum Gasteiger partial charge on any atom is 0.252 e. The molecule has 0 saturated heterocycles. The van der Waals surface area contributed by atoms with Gasteiger partial charge in [-0.25, -0.2) is 4.39 Å². The molecule has 1 atom stereocenters. The van der Waals surface area contributed by atoms with Crippen molar-refractivity contribution >= 4 is 33.6 Å². The summed E-state index contributed by atoms with van der Waals surface area (Å²) in [6.45, 7) is 1.76. The largest absolute Gasteiger partial charge is 0.387 e. The highest BCUT2D eigenvalue weighted by atomic mass is 79.9. The lowest BCUT2D eigenvalue weighted by Gasteiger charge is -2.22. The normalized spacial score (nSPS) is 14.1. The molecule has 1 aromatic rings. The molecule has 1 aromatic carbocycles. The maximum absolute atomic E-state index is 13.3. The lowest BCUT2D eigenvalue weighted by Crippen LogP contribution is -2.42. The van der Waals surface area contributed by atoms with Gasteiger partial charge in [0.25, 0.3) is 5.91 Å². The van der Waals surface area contributed by atoms with Gasteiger partial charge in [0.05, 0.1) is 15.6 Å². The van der Waals surface area contributed by atoms with Crippen molar-refractivity contribution < 1.29 is 14.3 Å². The van der Waals surface area contributed by atoms with Crippen LogP contribution in [0.1, 0.15) is 17.3 Å². The summed E-state index contributed by atoms with van der Waals surface area (Å²) in [4.78, 5) is 11.8. The zero-order chi connectivity index (χ0) is 13.8. The zero-order valence-corrected chi connectivity index (χ0v) is 12.6. The minimum absolute atomic E-state index is 0.121. The van der Waals surface area contributed by atoms with Gasteiger partial charge in [-0.3, -0.25) is 4.79 Å². The van der Waals surface area contributed by atoms with Crippen molar-refractivity contribution in [3.05, 3.63) is 34.1 Å². The van der Waals surface area contributed by atoms with Crippen LogP contribution in [0.2, 0.25) is 0 Å². The first kappa shape index (κ1) is 15.5. The van der Waals surface area contributed by atoms with Crippen LogP contribution < -0.4 is 5.32 Å². The molecule has 0 fully saturated rings. The number of hydrogen-bond acceptors (Lipinski definition) is 3. The van der Waals surface area contributed by atoms with Crippen molar-refractivity contribution in [3.8, 4) is 0 Å². The Labute approximate surface area is 118 Å². The molecule has 0 aliphatic heterocycles. The summed E-state index contributed by atoms with van der Waals surface area (Å²) in [7, 11) is 0. The van der Waals surface area contributed by atoms with Gasteiger partial charge in [-0.1, -0.05) is 6.07 Å². The molecule has 0 aliphatic carbocycles. The van der Waals surface area contributed by atoms with Crippen LogP contribution in [0.25, 0.3) is 0 Å². The Hall–Kier alpha value is -0.590. The quantitative estimate of drug-likeness (QED) is 0.868. The molecule has 0 bridgehead atoms. The van der Waals surface area contributed by atoms with E-state index in [0.717, 1.165) is 0 Å². The van der Waals surface area contributed by atoms with Gasteiger partial charge < -0.3 is 10.4 Å². The zero-order valence-electron chi connectivity index (χ0n) is 10.2. The molecule has 18 heavy (non-hydrogen) atoms. The molecule has 0 spiro atoms. The molecule has 6 heteroatoms. The van der Waals surface area contributed by atoms with Gasteiger partial charge in [-0.15, -0.1) is 0 Å². The number of benzene rings is 1. The molecular weight excluding hydrogens is 321 g/mol. The van der Waals surface area contributed by atoms with Gasteiger partial charge in [-0.05, 0) is 41.2 Å². The maximum atomic E-state index is 13.3. The highest BCUT2D eigenvalue weighted by molar-refractivity contribution is 9.10. The molecule has 0 aliphatic rings. The van der Waals surface area contributed by atoms with Crippen molar-refractivity contribution in [1.82, 2.24) is 5.32 Å². The number of aliphatic hydroxyl groups is 1. The number of amides is 1. The second-order valence-electron chi connectivity index (χ2n) is 4.21. The molecule has 3 nitrogen and oxygen atoms in total. The van der Waals surface area contributed by atoms with Gasteiger partial charge >= 0.3 is 0 Å². The summed E-state index contributed by atoms with van der Waals surface area (Å²) in [5.74, 6) is -0.390. The predicted octanol–water partition coefficient (Wildman–Crippen LogP) is 2.43. The highest BCUT2D eigenvalue weighted by Gasteiger charge is 2.21. The van der Waals surface area contributed by atoms with Crippen LogP contribution in [-0.2, 0) is 0 Å². The van der Waals surface area contributed by atoms with Crippen LogP contribution in [0.4, 0.5) is 4.39 Å².